The first-order valence-electron chi connectivity index (χ1n) is 4.46. The van der Waals surface area contributed by atoms with Gasteiger partial charge in [-0.05, 0) is 24.6 Å². The highest BCUT2D eigenvalue weighted by molar-refractivity contribution is 7.22. The monoisotopic (exact) mass is 207 g/mol. The lowest BCUT2D eigenvalue weighted by Gasteiger charge is -2.08. The van der Waals surface area contributed by atoms with Crippen molar-refractivity contribution < 1.29 is 0 Å². The first-order chi connectivity index (χ1) is 6.65. The molecule has 74 valence electrons. The SMILES string of the molecule is Cc1ccc2nc(NN(C)C)sc2c1. The average molecular weight is 207 g/mol. The van der Waals surface area contributed by atoms with E-state index in [1.807, 2.05) is 19.1 Å². The van der Waals surface area contributed by atoms with Crippen molar-refractivity contribution in [3.05, 3.63) is 23.8 Å². The zero-order chi connectivity index (χ0) is 10.1. The van der Waals surface area contributed by atoms with Gasteiger partial charge < -0.3 is 0 Å². The summed E-state index contributed by atoms with van der Waals surface area (Å²) in [6.45, 7) is 2.10. The van der Waals surface area contributed by atoms with E-state index in [1.54, 1.807) is 11.3 Å². The quantitative estimate of drug-likeness (QED) is 0.767. The Labute approximate surface area is 87.3 Å². The fourth-order valence-corrected chi connectivity index (χ4v) is 2.31. The van der Waals surface area contributed by atoms with Crippen molar-refractivity contribution in [2.75, 3.05) is 19.5 Å². The van der Waals surface area contributed by atoms with Gasteiger partial charge >= 0.3 is 0 Å². The van der Waals surface area contributed by atoms with E-state index >= 15 is 0 Å². The number of nitrogens with one attached hydrogen (secondary N) is 1. The number of fused-ring (bicyclic) bond motifs is 1. The van der Waals surface area contributed by atoms with Crippen molar-refractivity contribution in [1.29, 1.82) is 0 Å². The van der Waals surface area contributed by atoms with Gasteiger partial charge in [0.2, 0.25) is 0 Å². The summed E-state index contributed by atoms with van der Waals surface area (Å²) in [7, 11) is 3.91. The van der Waals surface area contributed by atoms with Crippen LogP contribution in [0, 0.1) is 6.92 Å². The lowest BCUT2D eigenvalue weighted by atomic mass is 10.2. The molecule has 0 saturated carbocycles. The number of hydrazine groups is 1. The van der Waals surface area contributed by atoms with Crippen LogP contribution in [-0.2, 0) is 0 Å². The summed E-state index contributed by atoms with van der Waals surface area (Å²) < 4.78 is 1.23. The van der Waals surface area contributed by atoms with Gasteiger partial charge in [-0.1, -0.05) is 17.4 Å². The molecule has 0 unspecified atom stereocenters. The van der Waals surface area contributed by atoms with Gasteiger partial charge in [0.25, 0.3) is 0 Å². The van der Waals surface area contributed by atoms with E-state index < -0.39 is 0 Å². The Bertz CT molecular complexity index is 448. The largest absolute Gasteiger partial charge is 0.295 e. The number of nitrogens with zero attached hydrogens (tertiary/aromatic N) is 2. The molecule has 0 radical (unpaired) electrons. The predicted molar refractivity (Wildman–Crippen MR) is 61.7 cm³/mol. The summed E-state index contributed by atoms with van der Waals surface area (Å²) in [5, 5.41) is 2.83. The van der Waals surface area contributed by atoms with Crippen molar-refractivity contribution >= 4 is 26.7 Å². The highest BCUT2D eigenvalue weighted by atomic mass is 32.1. The lowest BCUT2D eigenvalue weighted by Crippen LogP contribution is -2.19. The molecule has 0 amide bonds. The second kappa shape index (κ2) is 3.55. The minimum atomic E-state index is 0.940. The van der Waals surface area contributed by atoms with Crippen LogP contribution in [0.4, 0.5) is 5.13 Å². The Kier molecular flexibility index (Phi) is 2.39. The molecule has 0 saturated heterocycles. The topological polar surface area (TPSA) is 28.2 Å². The summed E-state index contributed by atoms with van der Waals surface area (Å²) in [6, 6.07) is 6.30. The Morgan fingerprint density at radius 1 is 1.36 bits per heavy atom. The number of aryl methyl sites for hydroxylation is 1. The van der Waals surface area contributed by atoms with Crippen LogP contribution in [0.25, 0.3) is 10.2 Å². The fourth-order valence-electron chi connectivity index (χ4n) is 1.27. The molecule has 2 aromatic rings. The first kappa shape index (κ1) is 9.43. The Balaban J connectivity index is 2.41. The van der Waals surface area contributed by atoms with E-state index in [-0.39, 0.29) is 0 Å². The van der Waals surface area contributed by atoms with E-state index in [1.165, 1.54) is 10.3 Å². The molecule has 0 atom stereocenters. The molecule has 4 heteroatoms. The van der Waals surface area contributed by atoms with Crippen molar-refractivity contribution in [3.63, 3.8) is 0 Å². The number of aromatic nitrogens is 1. The van der Waals surface area contributed by atoms with Crippen molar-refractivity contribution in [2.45, 2.75) is 6.92 Å². The van der Waals surface area contributed by atoms with Crippen LogP contribution in [0.5, 0.6) is 0 Å². The third kappa shape index (κ3) is 1.86. The Morgan fingerprint density at radius 3 is 2.86 bits per heavy atom. The van der Waals surface area contributed by atoms with Gasteiger partial charge in [-0.2, -0.15) is 0 Å². The molecule has 1 aromatic heterocycles. The summed E-state index contributed by atoms with van der Waals surface area (Å²) in [4.78, 5) is 4.46. The fraction of sp³-hybridized carbons (Fsp3) is 0.300. The molecular formula is C10H13N3S. The molecule has 1 heterocycles. The van der Waals surface area contributed by atoms with Gasteiger partial charge in [0.1, 0.15) is 0 Å². The van der Waals surface area contributed by atoms with E-state index in [4.69, 9.17) is 0 Å². The third-order valence-corrected chi connectivity index (χ3v) is 2.79. The second-order valence-corrected chi connectivity index (χ2v) is 4.53. The molecule has 1 N–H and O–H groups in total. The lowest BCUT2D eigenvalue weighted by molar-refractivity contribution is 0.495. The molecule has 2 rings (SSSR count). The molecule has 14 heavy (non-hydrogen) atoms. The van der Waals surface area contributed by atoms with Crippen LogP contribution in [-0.4, -0.2) is 24.1 Å². The van der Waals surface area contributed by atoms with E-state index in [0.717, 1.165) is 10.6 Å². The highest BCUT2D eigenvalue weighted by Gasteiger charge is 2.03. The number of rotatable bonds is 2. The van der Waals surface area contributed by atoms with Crippen LogP contribution < -0.4 is 5.43 Å². The number of benzene rings is 1. The van der Waals surface area contributed by atoms with E-state index in [0.29, 0.717) is 0 Å². The summed E-state index contributed by atoms with van der Waals surface area (Å²) >= 11 is 1.68. The zero-order valence-electron chi connectivity index (χ0n) is 8.53. The van der Waals surface area contributed by atoms with Gasteiger partial charge in [-0.15, -0.1) is 0 Å². The Morgan fingerprint density at radius 2 is 2.14 bits per heavy atom. The molecule has 0 aliphatic heterocycles. The molecule has 0 spiro atoms. The maximum Gasteiger partial charge on any atom is 0.198 e. The third-order valence-electron chi connectivity index (χ3n) is 1.86. The standard InChI is InChI=1S/C10H13N3S/c1-7-4-5-8-9(6-7)14-10(11-8)12-13(2)3/h4-6H,1-3H3,(H,11,12). The molecule has 0 bridgehead atoms. The molecule has 1 aromatic carbocycles. The van der Waals surface area contributed by atoms with Crippen LogP contribution in [0.15, 0.2) is 18.2 Å². The van der Waals surface area contributed by atoms with Crippen LogP contribution >= 0.6 is 11.3 Å². The van der Waals surface area contributed by atoms with Gasteiger partial charge in [-0.25, -0.2) is 9.99 Å². The Hall–Kier alpha value is -1.13. The van der Waals surface area contributed by atoms with Gasteiger partial charge in [0, 0.05) is 14.1 Å². The minimum absolute atomic E-state index is 0.940. The number of thiazole rings is 1. The molecule has 0 aliphatic carbocycles. The maximum atomic E-state index is 4.46. The van der Waals surface area contributed by atoms with Crippen molar-refractivity contribution in [1.82, 2.24) is 9.99 Å². The normalized spacial score (nSPS) is 11.1. The summed E-state index contributed by atoms with van der Waals surface area (Å²) in [5.41, 5.74) is 5.49. The smallest absolute Gasteiger partial charge is 0.198 e. The zero-order valence-corrected chi connectivity index (χ0v) is 9.35. The molecule has 3 nitrogen and oxygen atoms in total. The minimum Gasteiger partial charge on any atom is -0.295 e. The highest BCUT2D eigenvalue weighted by Crippen LogP contribution is 2.26. The summed E-state index contributed by atoms with van der Waals surface area (Å²) in [6.07, 6.45) is 0. The van der Waals surface area contributed by atoms with Gasteiger partial charge in [-0.3, -0.25) is 5.43 Å². The van der Waals surface area contributed by atoms with Crippen molar-refractivity contribution in [3.8, 4) is 0 Å². The van der Waals surface area contributed by atoms with Crippen LogP contribution in [0.1, 0.15) is 5.56 Å². The van der Waals surface area contributed by atoms with Gasteiger partial charge in [0.15, 0.2) is 5.13 Å². The first-order valence-corrected chi connectivity index (χ1v) is 5.28. The summed E-state index contributed by atoms with van der Waals surface area (Å²) in [5.74, 6) is 0. The second-order valence-electron chi connectivity index (χ2n) is 3.50. The molecular weight excluding hydrogens is 194 g/mol. The number of hydrogen-bond acceptors (Lipinski definition) is 4. The van der Waals surface area contributed by atoms with E-state index in [9.17, 15) is 0 Å². The van der Waals surface area contributed by atoms with E-state index in [2.05, 4.69) is 35.5 Å². The number of anilines is 1. The van der Waals surface area contributed by atoms with Crippen LogP contribution in [0.2, 0.25) is 0 Å². The van der Waals surface area contributed by atoms with Crippen LogP contribution in [0.3, 0.4) is 0 Å². The maximum absolute atomic E-state index is 4.46. The average Bonchev–Trinajstić information content (AvgIpc) is 2.44. The molecule has 0 aliphatic rings. The van der Waals surface area contributed by atoms with Gasteiger partial charge in [0.05, 0.1) is 10.2 Å². The van der Waals surface area contributed by atoms with Crippen molar-refractivity contribution in [2.24, 2.45) is 0 Å². The number of hydrogen-bond donors (Lipinski definition) is 1. The predicted octanol–water partition coefficient (Wildman–Crippen LogP) is 2.49. The molecule has 0 fully saturated rings.